The van der Waals surface area contributed by atoms with Gasteiger partial charge in [0.2, 0.25) is 0 Å². The van der Waals surface area contributed by atoms with Crippen LogP contribution in [0.5, 0.6) is 0 Å². The summed E-state index contributed by atoms with van der Waals surface area (Å²) >= 11 is 5.97. The third kappa shape index (κ3) is 3.79. The summed E-state index contributed by atoms with van der Waals surface area (Å²) in [5, 5.41) is 20.1. The molecule has 1 atom stereocenters. The average Bonchev–Trinajstić information content (AvgIpc) is 3.18. The number of nitrogens with zero attached hydrogens (tertiary/aromatic N) is 2. The largest absolute Gasteiger partial charge is 0.477 e. The molecular weight excluding hydrogens is 404 g/mol. The Morgan fingerprint density at radius 3 is 2.50 bits per heavy atom. The maximum Gasteiger partial charge on any atom is 0.352 e. The fourth-order valence-corrected chi connectivity index (χ4v) is 3.43. The second-order valence-corrected chi connectivity index (χ2v) is 7.30. The molecule has 0 saturated heterocycles. The van der Waals surface area contributed by atoms with Crippen LogP contribution in [0.1, 0.15) is 34.5 Å². The van der Waals surface area contributed by atoms with Crippen molar-refractivity contribution in [2.75, 3.05) is 10.6 Å². The van der Waals surface area contributed by atoms with Crippen LogP contribution >= 0.6 is 11.6 Å². The van der Waals surface area contributed by atoms with E-state index in [1.807, 2.05) is 24.3 Å². The van der Waals surface area contributed by atoms with Gasteiger partial charge in [0, 0.05) is 10.7 Å². The Kier molecular flexibility index (Phi) is 5.29. The normalized spacial score (nSPS) is 15.0. The smallest absolute Gasteiger partial charge is 0.352 e. The minimum absolute atomic E-state index is 0.0238. The molecule has 8 heteroatoms. The third-order valence-corrected chi connectivity index (χ3v) is 5.20. The van der Waals surface area contributed by atoms with E-state index in [1.165, 1.54) is 11.8 Å². The van der Waals surface area contributed by atoms with E-state index in [1.54, 1.807) is 35.0 Å². The highest BCUT2D eigenvalue weighted by Gasteiger charge is 2.29. The summed E-state index contributed by atoms with van der Waals surface area (Å²) in [4.78, 5) is 24.5. The molecule has 1 aliphatic heterocycles. The zero-order valence-corrected chi connectivity index (χ0v) is 16.8. The predicted molar refractivity (Wildman–Crippen MR) is 115 cm³/mol. The van der Waals surface area contributed by atoms with Gasteiger partial charge in [-0.25, -0.2) is 9.48 Å². The van der Waals surface area contributed by atoms with Crippen molar-refractivity contribution >= 4 is 35.0 Å². The van der Waals surface area contributed by atoms with Crippen molar-refractivity contribution in [3.63, 3.8) is 0 Å². The van der Waals surface area contributed by atoms with E-state index in [0.29, 0.717) is 16.5 Å². The standard InChI is InChI=1S/C22H19ClN4O3/c1-2-13-3-9-16(10-4-13)25-21(28)17-12-24-27-19(14-5-7-15(23)8-6-14)11-18(22(29)30)26-20(17)27/h3-12,19,26H,2H2,1H3,(H,25,28)(H,29,30)/t19-/m1/s1. The number of carboxylic acid groups (broad SMARTS) is 1. The van der Waals surface area contributed by atoms with Gasteiger partial charge >= 0.3 is 5.97 Å². The summed E-state index contributed by atoms with van der Waals surface area (Å²) in [7, 11) is 0. The van der Waals surface area contributed by atoms with Gasteiger partial charge in [0.25, 0.3) is 5.91 Å². The zero-order chi connectivity index (χ0) is 21.3. The second kappa shape index (κ2) is 8.04. The number of halogens is 1. The number of anilines is 2. The lowest BCUT2D eigenvalue weighted by Gasteiger charge is -2.24. The quantitative estimate of drug-likeness (QED) is 0.568. The van der Waals surface area contributed by atoms with Crippen LogP contribution in [0.15, 0.2) is 66.5 Å². The number of rotatable bonds is 5. The second-order valence-electron chi connectivity index (χ2n) is 6.86. The number of allylic oxidation sites excluding steroid dienone is 1. The summed E-state index contributed by atoms with van der Waals surface area (Å²) in [5.41, 5.74) is 2.84. The lowest BCUT2D eigenvalue weighted by atomic mass is 10.0. The number of nitrogens with one attached hydrogen (secondary N) is 2. The highest BCUT2D eigenvalue weighted by atomic mass is 35.5. The highest BCUT2D eigenvalue weighted by molar-refractivity contribution is 6.30. The molecule has 1 amide bonds. The minimum atomic E-state index is -1.12. The van der Waals surface area contributed by atoms with Crippen LogP contribution in [0.2, 0.25) is 5.02 Å². The van der Waals surface area contributed by atoms with Crippen LogP contribution in [0.25, 0.3) is 0 Å². The number of benzene rings is 2. The molecule has 3 N–H and O–H groups in total. The van der Waals surface area contributed by atoms with E-state index in [9.17, 15) is 14.7 Å². The monoisotopic (exact) mass is 422 g/mol. The molecule has 0 spiro atoms. The van der Waals surface area contributed by atoms with Crippen LogP contribution in [-0.2, 0) is 11.2 Å². The third-order valence-electron chi connectivity index (χ3n) is 4.94. The van der Waals surface area contributed by atoms with Gasteiger partial charge in [-0.3, -0.25) is 4.79 Å². The van der Waals surface area contributed by atoms with Crippen LogP contribution in [0.4, 0.5) is 11.5 Å². The number of carbonyl (C=O) groups excluding carboxylic acids is 1. The van der Waals surface area contributed by atoms with Gasteiger partial charge in [-0.05, 0) is 47.9 Å². The Hall–Kier alpha value is -3.58. The van der Waals surface area contributed by atoms with Crippen LogP contribution in [0, 0.1) is 0 Å². The zero-order valence-electron chi connectivity index (χ0n) is 16.1. The molecule has 0 radical (unpaired) electrons. The summed E-state index contributed by atoms with van der Waals surface area (Å²) in [6.45, 7) is 2.06. The number of fused-ring (bicyclic) bond motifs is 1. The first kappa shape index (κ1) is 19.7. The summed E-state index contributed by atoms with van der Waals surface area (Å²) in [6, 6.07) is 14.1. The van der Waals surface area contributed by atoms with E-state index < -0.39 is 12.0 Å². The number of aliphatic carboxylic acids is 1. The van der Waals surface area contributed by atoms with Gasteiger partial charge in [0.15, 0.2) is 0 Å². The topological polar surface area (TPSA) is 96.3 Å². The van der Waals surface area contributed by atoms with Gasteiger partial charge in [-0.2, -0.15) is 5.10 Å². The van der Waals surface area contributed by atoms with Crippen molar-refractivity contribution in [3.05, 3.63) is 88.2 Å². The summed E-state index contributed by atoms with van der Waals surface area (Å²) in [6.07, 6.45) is 3.89. The van der Waals surface area contributed by atoms with Gasteiger partial charge in [-0.1, -0.05) is 42.8 Å². The van der Waals surface area contributed by atoms with E-state index >= 15 is 0 Å². The predicted octanol–water partition coefficient (Wildman–Crippen LogP) is 4.33. The van der Waals surface area contributed by atoms with Gasteiger partial charge < -0.3 is 15.7 Å². The molecule has 30 heavy (non-hydrogen) atoms. The molecule has 3 aromatic rings. The first-order valence-electron chi connectivity index (χ1n) is 9.41. The Bertz CT molecular complexity index is 1130. The fourth-order valence-electron chi connectivity index (χ4n) is 3.31. The number of aryl methyl sites for hydroxylation is 1. The van der Waals surface area contributed by atoms with Crippen molar-refractivity contribution in [2.45, 2.75) is 19.4 Å². The van der Waals surface area contributed by atoms with E-state index in [2.05, 4.69) is 22.7 Å². The fraction of sp³-hybridized carbons (Fsp3) is 0.136. The molecule has 0 bridgehead atoms. The maximum atomic E-state index is 12.9. The van der Waals surface area contributed by atoms with Crippen molar-refractivity contribution in [3.8, 4) is 0 Å². The molecule has 152 valence electrons. The molecular formula is C22H19ClN4O3. The van der Waals surface area contributed by atoms with E-state index in [0.717, 1.165) is 12.0 Å². The molecule has 4 rings (SSSR count). The molecule has 2 heterocycles. The van der Waals surface area contributed by atoms with Crippen LogP contribution < -0.4 is 10.6 Å². The number of amides is 1. The van der Waals surface area contributed by atoms with Crippen molar-refractivity contribution in [1.82, 2.24) is 9.78 Å². The number of hydrogen-bond donors (Lipinski definition) is 3. The number of aromatic nitrogens is 2. The molecule has 0 saturated carbocycles. The van der Waals surface area contributed by atoms with Crippen molar-refractivity contribution < 1.29 is 14.7 Å². The Morgan fingerprint density at radius 1 is 1.17 bits per heavy atom. The molecule has 2 aromatic carbocycles. The van der Waals surface area contributed by atoms with E-state index in [4.69, 9.17) is 11.6 Å². The lowest BCUT2D eigenvalue weighted by molar-refractivity contribution is -0.132. The lowest BCUT2D eigenvalue weighted by Crippen LogP contribution is -2.25. The number of hydrogen-bond acceptors (Lipinski definition) is 4. The highest BCUT2D eigenvalue weighted by Crippen LogP contribution is 2.33. The molecule has 1 aromatic heterocycles. The Labute approximate surface area is 178 Å². The van der Waals surface area contributed by atoms with Crippen LogP contribution in [-0.4, -0.2) is 26.8 Å². The van der Waals surface area contributed by atoms with Crippen LogP contribution in [0.3, 0.4) is 0 Å². The molecule has 0 aliphatic carbocycles. The van der Waals surface area contributed by atoms with Gasteiger partial charge in [0.1, 0.15) is 17.1 Å². The maximum absolute atomic E-state index is 12.9. The molecule has 0 unspecified atom stereocenters. The number of carboxylic acids is 1. The summed E-state index contributed by atoms with van der Waals surface area (Å²) in [5.74, 6) is -1.19. The molecule has 0 fully saturated rings. The molecule has 7 nitrogen and oxygen atoms in total. The van der Waals surface area contributed by atoms with E-state index in [-0.39, 0.29) is 17.2 Å². The SMILES string of the molecule is CCc1ccc(NC(=O)c2cnn3c2NC(C(=O)O)=C[C@@H]3c2ccc(Cl)cc2)cc1. The summed E-state index contributed by atoms with van der Waals surface area (Å²) < 4.78 is 1.59. The Morgan fingerprint density at radius 2 is 1.87 bits per heavy atom. The van der Waals surface area contributed by atoms with Crippen molar-refractivity contribution in [1.29, 1.82) is 0 Å². The number of carbonyl (C=O) groups is 2. The average molecular weight is 423 g/mol. The van der Waals surface area contributed by atoms with Gasteiger partial charge in [-0.15, -0.1) is 0 Å². The van der Waals surface area contributed by atoms with Gasteiger partial charge in [0.05, 0.1) is 12.2 Å². The Balaban J connectivity index is 1.68. The first-order chi connectivity index (χ1) is 14.5. The van der Waals surface area contributed by atoms with Crippen molar-refractivity contribution in [2.24, 2.45) is 0 Å². The molecule has 1 aliphatic rings. The first-order valence-corrected chi connectivity index (χ1v) is 9.79. The minimum Gasteiger partial charge on any atom is -0.477 e.